The van der Waals surface area contributed by atoms with E-state index in [9.17, 15) is 9.59 Å². The number of fused-ring (bicyclic) bond motifs is 1. The standard InChI is InChI=1S/C15H12N4O2S2/c1-2-7-22-15-19-18-14(23-15)17-13(21)10-8-12(20)16-11-6-4-3-5-9(10)11/h2-6,8H,1,7H2,(H,16,20)(H,17,18,21). The number of anilines is 1. The first kappa shape index (κ1) is 15.4. The van der Waals surface area contributed by atoms with Crippen LogP contribution in [0.5, 0.6) is 0 Å². The van der Waals surface area contributed by atoms with Crippen LogP contribution in [0.2, 0.25) is 0 Å². The Morgan fingerprint density at radius 2 is 2.22 bits per heavy atom. The normalized spacial score (nSPS) is 10.6. The molecule has 0 aliphatic carbocycles. The van der Waals surface area contributed by atoms with E-state index in [0.29, 0.717) is 21.6 Å². The molecule has 3 rings (SSSR count). The highest BCUT2D eigenvalue weighted by molar-refractivity contribution is 8.01. The third-order valence-corrected chi connectivity index (χ3v) is 4.91. The van der Waals surface area contributed by atoms with Gasteiger partial charge in [0.05, 0.1) is 5.56 Å². The molecule has 0 saturated carbocycles. The lowest BCUT2D eigenvalue weighted by Gasteiger charge is -2.05. The van der Waals surface area contributed by atoms with Crippen molar-refractivity contribution in [1.29, 1.82) is 0 Å². The average molecular weight is 344 g/mol. The van der Waals surface area contributed by atoms with E-state index >= 15 is 0 Å². The SMILES string of the molecule is C=CCSc1nnc(NC(=O)c2cc(=O)[nH]c3ccccc23)s1. The Kier molecular flexibility index (Phi) is 4.54. The van der Waals surface area contributed by atoms with E-state index in [1.54, 1.807) is 24.3 Å². The number of hydrogen-bond acceptors (Lipinski definition) is 6. The Balaban J connectivity index is 1.87. The molecule has 0 spiro atoms. The number of para-hydroxylation sites is 1. The monoisotopic (exact) mass is 344 g/mol. The second kappa shape index (κ2) is 6.76. The van der Waals surface area contributed by atoms with E-state index in [-0.39, 0.29) is 11.5 Å². The van der Waals surface area contributed by atoms with Gasteiger partial charge in [0.2, 0.25) is 10.7 Å². The van der Waals surface area contributed by atoms with Gasteiger partial charge < -0.3 is 4.98 Å². The Hall–Kier alpha value is -2.45. The summed E-state index contributed by atoms with van der Waals surface area (Å²) < 4.78 is 0.746. The van der Waals surface area contributed by atoms with Crippen LogP contribution in [0, 0.1) is 0 Å². The van der Waals surface area contributed by atoms with Crippen molar-refractivity contribution in [2.75, 3.05) is 11.1 Å². The summed E-state index contributed by atoms with van der Waals surface area (Å²) in [6.07, 6.45) is 1.77. The zero-order valence-electron chi connectivity index (χ0n) is 11.9. The number of amides is 1. The van der Waals surface area contributed by atoms with Crippen LogP contribution in [0.4, 0.5) is 5.13 Å². The van der Waals surface area contributed by atoms with Gasteiger partial charge in [-0.1, -0.05) is 47.4 Å². The number of carbonyl (C=O) groups is 1. The quantitative estimate of drug-likeness (QED) is 0.422. The minimum absolute atomic E-state index is 0.305. The van der Waals surface area contributed by atoms with Gasteiger partial charge in [0.25, 0.3) is 5.91 Å². The predicted molar refractivity (Wildman–Crippen MR) is 93.4 cm³/mol. The number of carbonyl (C=O) groups excluding carboxylic acids is 1. The van der Waals surface area contributed by atoms with E-state index in [1.165, 1.54) is 29.2 Å². The molecule has 2 N–H and O–H groups in total. The fourth-order valence-electron chi connectivity index (χ4n) is 2.01. The number of aromatic amines is 1. The molecule has 0 atom stereocenters. The van der Waals surface area contributed by atoms with Gasteiger partial charge in [-0.3, -0.25) is 14.9 Å². The van der Waals surface area contributed by atoms with E-state index in [2.05, 4.69) is 27.1 Å². The van der Waals surface area contributed by atoms with Crippen molar-refractivity contribution in [3.8, 4) is 0 Å². The highest BCUT2D eigenvalue weighted by Gasteiger charge is 2.14. The molecule has 2 heterocycles. The Bertz CT molecular complexity index is 932. The van der Waals surface area contributed by atoms with Crippen LogP contribution in [0.15, 0.2) is 52.1 Å². The number of benzene rings is 1. The third-order valence-electron chi connectivity index (χ3n) is 2.95. The van der Waals surface area contributed by atoms with Gasteiger partial charge in [-0.2, -0.15) is 0 Å². The molecule has 0 radical (unpaired) electrons. The highest BCUT2D eigenvalue weighted by atomic mass is 32.2. The van der Waals surface area contributed by atoms with E-state index < -0.39 is 0 Å². The molecular formula is C15H12N4O2S2. The van der Waals surface area contributed by atoms with Gasteiger partial charge in [0.1, 0.15) is 0 Å². The fraction of sp³-hybridized carbons (Fsp3) is 0.0667. The zero-order valence-corrected chi connectivity index (χ0v) is 13.5. The molecule has 6 nitrogen and oxygen atoms in total. The van der Waals surface area contributed by atoms with E-state index in [4.69, 9.17) is 0 Å². The van der Waals surface area contributed by atoms with Gasteiger partial charge >= 0.3 is 0 Å². The lowest BCUT2D eigenvalue weighted by Crippen LogP contribution is -2.16. The highest BCUT2D eigenvalue weighted by Crippen LogP contribution is 2.26. The molecule has 23 heavy (non-hydrogen) atoms. The van der Waals surface area contributed by atoms with Crippen LogP contribution in [-0.2, 0) is 0 Å². The summed E-state index contributed by atoms with van der Waals surface area (Å²) in [5.41, 5.74) is 0.595. The Morgan fingerprint density at radius 1 is 1.39 bits per heavy atom. The second-order valence-corrected chi connectivity index (χ2v) is 6.76. The number of thioether (sulfide) groups is 1. The molecule has 1 aromatic carbocycles. The number of nitrogens with zero attached hydrogens (tertiary/aromatic N) is 2. The zero-order chi connectivity index (χ0) is 16.2. The third kappa shape index (κ3) is 3.49. The number of nitrogens with one attached hydrogen (secondary N) is 2. The first-order valence-electron chi connectivity index (χ1n) is 6.68. The second-order valence-electron chi connectivity index (χ2n) is 4.52. The van der Waals surface area contributed by atoms with Crippen molar-refractivity contribution in [3.05, 3.63) is 58.9 Å². The minimum Gasteiger partial charge on any atom is -0.322 e. The van der Waals surface area contributed by atoms with Gasteiger partial charge in [-0.15, -0.1) is 16.8 Å². The fourth-order valence-corrected chi connectivity index (χ4v) is 3.51. The molecule has 0 aliphatic rings. The van der Waals surface area contributed by atoms with Crippen molar-refractivity contribution in [2.45, 2.75) is 4.34 Å². The first-order chi connectivity index (χ1) is 11.2. The molecule has 0 unspecified atom stereocenters. The molecule has 116 valence electrons. The molecule has 0 aliphatic heterocycles. The molecule has 0 fully saturated rings. The van der Waals surface area contributed by atoms with Gasteiger partial charge in [0.15, 0.2) is 4.34 Å². The molecule has 1 amide bonds. The maximum atomic E-state index is 12.5. The number of pyridine rings is 1. The van der Waals surface area contributed by atoms with Crippen LogP contribution < -0.4 is 10.9 Å². The largest absolute Gasteiger partial charge is 0.322 e. The van der Waals surface area contributed by atoms with Crippen molar-refractivity contribution < 1.29 is 4.79 Å². The van der Waals surface area contributed by atoms with Crippen molar-refractivity contribution in [1.82, 2.24) is 15.2 Å². The van der Waals surface area contributed by atoms with Crippen LogP contribution in [0.25, 0.3) is 10.9 Å². The summed E-state index contributed by atoms with van der Waals surface area (Å²) in [6.45, 7) is 3.64. The summed E-state index contributed by atoms with van der Waals surface area (Å²) in [6, 6.07) is 8.43. The lowest BCUT2D eigenvalue weighted by molar-refractivity contribution is 0.102. The first-order valence-corrected chi connectivity index (χ1v) is 8.48. The average Bonchev–Trinajstić information content (AvgIpc) is 2.99. The van der Waals surface area contributed by atoms with Crippen LogP contribution >= 0.6 is 23.1 Å². The molecular weight excluding hydrogens is 332 g/mol. The maximum Gasteiger partial charge on any atom is 0.258 e. The molecule has 3 aromatic rings. The van der Waals surface area contributed by atoms with Crippen LogP contribution in [0.3, 0.4) is 0 Å². The van der Waals surface area contributed by atoms with Gasteiger partial charge in [-0.05, 0) is 6.07 Å². The summed E-state index contributed by atoms with van der Waals surface area (Å²) in [5, 5.41) is 11.7. The number of aromatic nitrogens is 3. The van der Waals surface area contributed by atoms with Crippen molar-refractivity contribution >= 4 is 45.0 Å². The van der Waals surface area contributed by atoms with E-state index in [0.717, 1.165) is 10.1 Å². The molecule has 8 heteroatoms. The number of hydrogen-bond donors (Lipinski definition) is 2. The maximum absolute atomic E-state index is 12.5. The topological polar surface area (TPSA) is 87.7 Å². The smallest absolute Gasteiger partial charge is 0.258 e. The lowest BCUT2D eigenvalue weighted by atomic mass is 10.1. The summed E-state index contributed by atoms with van der Waals surface area (Å²) >= 11 is 2.77. The van der Waals surface area contributed by atoms with Crippen LogP contribution in [-0.4, -0.2) is 26.8 Å². The van der Waals surface area contributed by atoms with Crippen LogP contribution in [0.1, 0.15) is 10.4 Å². The summed E-state index contributed by atoms with van der Waals surface area (Å²) in [7, 11) is 0. The molecule has 2 aromatic heterocycles. The Morgan fingerprint density at radius 3 is 3.04 bits per heavy atom. The predicted octanol–water partition coefficient (Wildman–Crippen LogP) is 2.91. The van der Waals surface area contributed by atoms with E-state index in [1.807, 2.05) is 6.07 Å². The summed E-state index contributed by atoms with van der Waals surface area (Å²) in [5.74, 6) is 0.338. The number of H-pyrrole nitrogens is 1. The van der Waals surface area contributed by atoms with Gasteiger partial charge in [-0.25, -0.2) is 0 Å². The summed E-state index contributed by atoms with van der Waals surface area (Å²) in [4.78, 5) is 26.9. The number of rotatable bonds is 5. The van der Waals surface area contributed by atoms with Crippen molar-refractivity contribution in [2.24, 2.45) is 0 Å². The van der Waals surface area contributed by atoms with Crippen molar-refractivity contribution in [3.63, 3.8) is 0 Å². The molecule has 0 saturated heterocycles. The minimum atomic E-state index is -0.385. The van der Waals surface area contributed by atoms with Gasteiger partial charge in [0, 0.05) is 22.7 Å². The Labute approximate surface area is 139 Å². The molecule has 0 bridgehead atoms.